The number of carboxylic acids is 4. The molecule has 21 heteroatoms. The van der Waals surface area contributed by atoms with Crippen molar-refractivity contribution in [1.82, 2.24) is 34.5 Å². The van der Waals surface area contributed by atoms with Gasteiger partial charge in [0.05, 0.1) is 32.7 Å². The van der Waals surface area contributed by atoms with Gasteiger partial charge in [0.25, 0.3) is 0 Å². The summed E-state index contributed by atoms with van der Waals surface area (Å²) in [6, 6.07) is 6.69. The molecular formula is C29H41GaN9O10S+3. The fourth-order valence-corrected chi connectivity index (χ4v) is 5.68. The van der Waals surface area contributed by atoms with E-state index in [2.05, 4.69) is 15.6 Å². The SMILES string of the molecule is O=C(O)CN1CCN(CC(=O)O)CCN(CC(=O)O)C(Cc2ccc(NC(=S)NCCn3ccnc3[N+](=O)[O-])cc2)CN(CC(=O)O)CC1.[68Ga+3]. The van der Waals surface area contributed by atoms with Crippen LogP contribution in [0, 0.1) is 10.1 Å². The smallest absolute Gasteiger partial charge is 0.480 e. The van der Waals surface area contributed by atoms with Gasteiger partial charge in [0, 0.05) is 64.1 Å². The zero-order chi connectivity index (χ0) is 35.9. The van der Waals surface area contributed by atoms with Crippen LogP contribution in [-0.4, -0.2) is 188 Å². The third-order valence-electron chi connectivity index (χ3n) is 7.75. The number of rotatable bonds is 15. The Morgan fingerprint density at radius 3 is 1.90 bits per heavy atom. The van der Waals surface area contributed by atoms with Crippen molar-refractivity contribution in [3.05, 3.63) is 52.3 Å². The van der Waals surface area contributed by atoms with Crippen LogP contribution in [0.4, 0.5) is 11.6 Å². The maximum absolute atomic E-state index is 12.0. The molecule has 0 amide bonds. The average Bonchev–Trinajstić information content (AvgIpc) is 3.48. The molecule has 1 saturated heterocycles. The summed E-state index contributed by atoms with van der Waals surface area (Å²) in [5.41, 5.74) is 1.46. The Kier molecular flexibility index (Phi) is 17.8. The van der Waals surface area contributed by atoms with Crippen LogP contribution in [0.15, 0.2) is 36.7 Å². The van der Waals surface area contributed by atoms with Crippen LogP contribution in [0.2, 0.25) is 0 Å². The number of imidazole rings is 1. The van der Waals surface area contributed by atoms with Crippen molar-refractivity contribution in [2.24, 2.45) is 0 Å². The number of nitro groups is 1. The fourth-order valence-electron chi connectivity index (χ4n) is 5.47. The third-order valence-corrected chi connectivity index (χ3v) is 7.99. The molecule has 1 aromatic heterocycles. The zero-order valence-electron chi connectivity index (χ0n) is 27.3. The number of carboxylic acid groups (broad SMARTS) is 4. The number of carbonyl (C=O) groups is 4. The van der Waals surface area contributed by atoms with Crippen molar-refractivity contribution in [2.45, 2.75) is 19.0 Å². The van der Waals surface area contributed by atoms with Crippen LogP contribution in [0.5, 0.6) is 0 Å². The number of anilines is 1. The van der Waals surface area contributed by atoms with Gasteiger partial charge in [0.1, 0.15) is 12.4 Å². The molecule has 1 fully saturated rings. The van der Waals surface area contributed by atoms with Crippen molar-refractivity contribution in [2.75, 3.05) is 83.9 Å². The van der Waals surface area contributed by atoms with Crippen molar-refractivity contribution < 1.29 is 44.5 Å². The molecule has 19 nitrogen and oxygen atoms in total. The van der Waals surface area contributed by atoms with Crippen molar-refractivity contribution in [1.29, 1.82) is 0 Å². The molecule has 1 aliphatic heterocycles. The van der Waals surface area contributed by atoms with Gasteiger partial charge in [-0.25, -0.2) is 4.57 Å². The molecule has 1 aromatic carbocycles. The largest absolute Gasteiger partial charge is 3.00 e. The maximum atomic E-state index is 12.0. The van der Waals surface area contributed by atoms with E-state index in [1.807, 2.05) is 12.1 Å². The van der Waals surface area contributed by atoms with Gasteiger partial charge >= 0.3 is 49.6 Å². The molecule has 0 radical (unpaired) electrons. The molecule has 2 heterocycles. The van der Waals surface area contributed by atoms with Gasteiger partial charge < -0.3 is 41.2 Å². The molecule has 1 atom stereocenters. The van der Waals surface area contributed by atoms with Gasteiger partial charge in [-0.05, 0) is 41.3 Å². The molecule has 1 aliphatic rings. The summed E-state index contributed by atoms with van der Waals surface area (Å²) in [5, 5.41) is 55.6. The minimum Gasteiger partial charge on any atom is -0.480 e. The van der Waals surface area contributed by atoms with Gasteiger partial charge in [-0.3, -0.25) is 38.8 Å². The maximum Gasteiger partial charge on any atom is 3.00 e. The Labute approximate surface area is 306 Å². The quantitative estimate of drug-likeness (QED) is 0.0542. The van der Waals surface area contributed by atoms with E-state index in [-0.39, 0.29) is 109 Å². The van der Waals surface area contributed by atoms with E-state index >= 15 is 0 Å². The van der Waals surface area contributed by atoms with E-state index in [0.717, 1.165) is 5.56 Å². The van der Waals surface area contributed by atoms with E-state index in [9.17, 15) is 49.7 Å². The fraction of sp³-hybridized carbons (Fsp3) is 0.517. The Hall–Kier alpha value is -4.12. The number of hydrogen-bond acceptors (Lipinski definition) is 12. The van der Waals surface area contributed by atoms with E-state index < -0.39 is 34.8 Å². The molecule has 0 aliphatic carbocycles. The Morgan fingerprint density at radius 2 is 1.36 bits per heavy atom. The normalized spacial score (nSPS) is 17.0. The molecular weight excluding hydrogens is 734 g/mol. The minimum absolute atomic E-state index is 0. The predicted molar refractivity (Wildman–Crippen MR) is 184 cm³/mol. The summed E-state index contributed by atoms with van der Waals surface area (Å²) in [7, 11) is 0. The number of nitrogens with zero attached hydrogens (tertiary/aromatic N) is 7. The number of nitrogens with one attached hydrogen (secondary N) is 2. The van der Waals surface area contributed by atoms with Crippen LogP contribution in [0.25, 0.3) is 0 Å². The van der Waals surface area contributed by atoms with Crippen molar-refractivity contribution in [3.8, 4) is 0 Å². The molecule has 1 unspecified atom stereocenters. The van der Waals surface area contributed by atoms with E-state index in [1.54, 1.807) is 31.7 Å². The van der Waals surface area contributed by atoms with Crippen molar-refractivity contribution >= 4 is 72.6 Å². The Balaban J connectivity index is 0.00000867. The van der Waals surface area contributed by atoms with Crippen LogP contribution < -0.4 is 10.6 Å². The first-order chi connectivity index (χ1) is 23.3. The molecule has 0 saturated carbocycles. The summed E-state index contributed by atoms with van der Waals surface area (Å²) < 4.78 is 1.38. The molecule has 50 heavy (non-hydrogen) atoms. The minimum atomic E-state index is -1.09. The Morgan fingerprint density at radius 1 is 0.840 bits per heavy atom. The number of aliphatic carboxylic acids is 4. The van der Waals surface area contributed by atoms with E-state index in [4.69, 9.17) is 12.2 Å². The predicted octanol–water partition coefficient (Wildman–Crippen LogP) is -1.13. The zero-order valence-corrected chi connectivity index (χ0v) is 30.5. The summed E-state index contributed by atoms with van der Waals surface area (Å²) in [4.78, 5) is 67.6. The van der Waals surface area contributed by atoms with Gasteiger partial charge in [-0.2, -0.15) is 0 Å². The van der Waals surface area contributed by atoms with E-state index in [1.165, 1.54) is 17.0 Å². The Bertz CT molecular complexity index is 1470. The monoisotopic (exact) mass is 775 g/mol. The third kappa shape index (κ3) is 15.2. The summed E-state index contributed by atoms with van der Waals surface area (Å²) >= 11 is 5.35. The van der Waals surface area contributed by atoms with Crippen LogP contribution in [-0.2, 0) is 32.1 Å². The first-order valence-corrected chi connectivity index (χ1v) is 15.8. The van der Waals surface area contributed by atoms with Crippen LogP contribution >= 0.6 is 12.2 Å². The van der Waals surface area contributed by atoms with Gasteiger partial charge in [0.2, 0.25) is 0 Å². The average molecular weight is 776 g/mol. The second-order valence-corrected chi connectivity index (χ2v) is 11.9. The topological polar surface area (TPSA) is 247 Å². The number of hydrogen-bond donors (Lipinski definition) is 6. The second-order valence-electron chi connectivity index (χ2n) is 11.4. The molecule has 3 rings (SSSR count). The summed E-state index contributed by atoms with van der Waals surface area (Å²) in [6.45, 7) is 0.611. The molecule has 6 N–H and O–H groups in total. The van der Waals surface area contributed by atoms with Crippen molar-refractivity contribution in [3.63, 3.8) is 0 Å². The van der Waals surface area contributed by atoms with Crippen LogP contribution in [0.1, 0.15) is 5.56 Å². The molecule has 0 bridgehead atoms. The summed E-state index contributed by atoms with van der Waals surface area (Å²) in [5.74, 6) is -4.60. The van der Waals surface area contributed by atoms with Gasteiger partial charge in [0.15, 0.2) is 5.11 Å². The number of benzene rings is 1. The molecule has 2 aromatic rings. The first-order valence-electron chi connectivity index (χ1n) is 15.4. The van der Waals surface area contributed by atoms with Gasteiger partial charge in [-0.15, -0.1) is 0 Å². The first kappa shape index (κ1) is 42.0. The van der Waals surface area contributed by atoms with Gasteiger partial charge in [-0.1, -0.05) is 17.1 Å². The molecule has 0 spiro atoms. The number of aromatic nitrogens is 2. The standard InChI is InChI=1S/C29H41N9O10S.Ga/c39-24(40)17-33-9-10-34(18-25(41)42)13-14-37(20-27(45)46)23(16-35(12-11-33)19-26(43)44)15-21-1-3-22(4-2-21)32-28(49)30-5-7-36-8-6-31-29(36)38(47)48;/h1-4,6,8,23H,5,7,9-20H2,(H,39,40)(H,41,42)(H,43,44)(H,45,46)(H2,30,32,49);/q;+3/i;1-2. The van der Waals surface area contributed by atoms with Crippen LogP contribution in [0.3, 0.4) is 0 Å². The summed E-state index contributed by atoms with van der Waals surface area (Å²) in [6.07, 6.45) is 3.16. The second kappa shape index (κ2) is 21.2. The molecule has 268 valence electrons. The van der Waals surface area contributed by atoms with E-state index in [0.29, 0.717) is 18.7 Å². The number of thiocarbonyl (C=S) groups is 1.